The molecule has 1 heterocycles. The average Bonchev–Trinajstić information content (AvgIpc) is 2.66. The van der Waals surface area contributed by atoms with Gasteiger partial charge in [-0.1, -0.05) is 0 Å². The Kier molecular flexibility index (Phi) is 4.77. The van der Waals surface area contributed by atoms with Gasteiger partial charge in [0.05, 0.1) is 25.6 Å². The molecule has 2 amide bonds. The van der Waals surface area contributed by atoms with Gasteiger partial charge in [-0.3, -0.25) is 4.90 Å². The van der Waals surface area contributed by atoms with Crippen molar-refractivity contribution in [3.8, 4) is 11.5 Å². The van der Waals surface area contributed by atoms with Crippen LogP contribution in [-0.4, -0.2) is 59.8 Å². The molecule has 1 saturated heterocycles. The summed E-state index contributed by atoms with van der Waals surface area (Å²) in [5.41, 5.74) is -0.602. The number of thioether (sulfide) groups is 1. The Hall–Kier alpha value is -1.60. The highest BCUT2D eigenvalue weighted by molar-refractivity contribution is 7.99. The standard InChI is InChI=1S/C15H22N2O4S/c1-15(2)13(18)17(14(19)16(15)3)9-22-10-6-7-11(20-4)12(8-10)21-5/h6-8,13,18H,9H2,1-5H3. The predicted molar refractivity (Wildman–Crippen MR) is 85.4 cm³/mol. The summed E-state index contributed by atoms with van der Waals surface area (Å²) in [7, 11) is 4.87. The summed E-state index contributed by atoms with van der Waals surface area (Å²) in [6.45, 7) is 3.69. The zero-order valence-corrected chi connectivity index (χ0v) is 14.3. The third kappa shape index (κ3) is 2.83. The van der Waals surface area contributed by atoms with Gasteiger partial charge in [0, 0.05) is 11.9 Å². The largest absolute Gasteiger partial charge is 0.493 e. The van der Waals surface area contributed by atoms with Gasteiger partial charge < -0.3 is 19.5 Å². The molecule has 122 valence electrons. The lowest BCUT2D eigenvalue weighted by Gasteiger charge is -2.29. The molecule has 1 aromatic rings. The Labute approximate surface area is 135 Å². The van der Waals surface area contributed by atoms with Crippen LogP contribution < -0.4 is 9.47 Å². The maximum absolute atomic E-state index is 12.2. The maximum atomic E-state index is 12.2. The predicted octanol–water partition coefficient (Wildman–Crippen LogP) is 2.22. The van der Waals surface area contributed by atoms with Crippen LogP contribution in [0, 0.1) is 0 Å². The van der Waals surface area contributed by atoms with E-state index in [-0.39, 0.29) is 6.03 Å². The number of aliphatic hydroxyl groups is 1. The summed E-state index contributed by atoms with van der Waals surface area (Å²) in [4.78, 5) is 16.2. The van der Waals surface area contributed by atoms with Crippen molar-refractivity contribution in [2.24, 2.45) is 0 Å². The Morgan fingerprint density at radius 1 is 1.27 bits per heavy atom. The quantitative estimate of drug-likeness (QED) is 0.841. The summed E-state index contributed by atoms with van der Waals surface area (Å²) in [5, 5.41) is 10.3. The number of hydrogen-bond donors (Lipinski definition) is 1. The number of rotatable bonds is 5. The molecule has 7 heteroatoms. The molecule has 0 radical (unpaired) electrons. The summed E-state index contributed by atoms with van der Waals surface area (Å²) < 4.78 is 10.5. The molecule has 0 bridgehead atoms. The topological polar surface area (TPSA) is 62.2 Å². The molecule has 1 atom stereocenters. The second-order valence-electron chi connectivity index (χ2n) is 5.63. The molecule has 2 rings (SSSR count). The smallest absolute Gasteiger partial charge is 0.323 e. The van der Waals surface area contributed by atoms with Crippen LogP contribution in [0.25, 0.3) is 0 Å². The van der Waals surface area contributed by atoms with E-state index in [0.717, 1.165) is 4.90 Å². The third-order valence-corrected chi connectivity index (χ3v) is 5.04. The minimum Gasteiger partial charge on any atom is -0.493 e. The second-order valence-corrected chi connectivity index (χ2v) is 6.65. The lowest BCUT2D eigenvalue weighted by atomic mass is 10.0. The molecule has 0 aliphatic carbocycles. The van der Waals surface area contributed by atoms with E-state index in [4.69, 9.17) is 9.47 Å². The summed E-state index contributed by atoms with van der Waals surface area (Å²) >= 11 is 1.46. The van der Waals surface area contributed by atoms with E-state index in [9.17, 15) is 9.90 Å². The molecule has 22 heavy (non-hydrogen) atoms. The van der Waals surface area contributed by atoms with Crippen molar-refractivity contribution in [2.75, 3.05) is 27.1 Å². The molecule has 1 aromatic carbocycles. The van der Waals surface area contributed by atoms with Gasteiger partial charge in [-0.25, -0.2) is 4.79 Å². The van der Waals surface area contributed by atoms with Crippen LogP contribution in [0.3, 0.4) is 0 Å². The van der Waals surface area contributed by atoms with Crippen molar-refractivity contribution in [1.82, 2.24) is 9.80 Å². The van der Waals surface area contributed by atoms with Gasteiger partial charge in [-0.05, 0) is 32.0 Å². The monoisotopic (exact) mass is 326 g/mol. The van der Waals surface area contributed by atoms with Crippen molar-refractivity contribution in [2.45, 2.75) is 30.5 Å². The Morgan fingerprint density at radius 2 is 1.91 bits per heavy atom. The molecule has 1 fully saturated rings. The first-order valence-electron chi connectivity index (χ1n) is 6.90. The van der Waals surface area contributed by atoms with Crippen molar-refractivity contribution in [1.29, 1.82) is 0 Å². The van der Waals surface area contributed by atoms with E-state index < -0.39 is 11.8 Å². The van der Waals surface area contributed by atoms with Crippen LogP contribution in [0.1, 0.15) is 13.8 Å². The highest BCUT2D eigenvalue weighted by atomic mass is 32.2. The van der Waals surface area contributed by atoms with Crippen molar-refractivity contribution < 1.29 is 19.4 Å². The van der Waals surface area contributed by atoms with Gasteiger partial charge >= 0.3 is 6.03 Å². The lowest BCUT2D eigenvalue weighted by Crippen LogP contribution is -2.45. The first kappa shape index (κ1) is 16.8. The summed E-state index contributed by atoms with van der Waals surface area (Å²) in [5.74, 6) is 1.66. The van der Waals surface area contributed by atoms with Gasteiger partial charge in [-0.15, -0.1) is 11.8 Å². The van der Waals surface area contributed by atoms with Crippen molar-refractivity contribution in [3.63, 3.8) is 0 Å². The Balaban J connectivity index is 2.09. The van der Waals surface area contributed by atoms with E-state index in [1.54, 1.807) is 26.2 Å². The van der Waals surface area contributed by atoms with Gasteiger partial charge in [0.1, 0.15) is 0 Å². The molecule has 1 unspecified atom stereocenters. The highest BCUT2D eigenvalue weighted by Crippen LogP contribution is 2.35. The van der Waals surface area contributed by atoms with Gasteiger partial charge in [0.2, 0.25) is 0 Å². The lowest BCUT2D eigenvalue weighted by molar-refractivity contribution is 0.00637. The second kappa shape index (κ2) is 6.26. The van der Waals surface area contributed by atoms with E-state index in [0.29, 0.717) is 17.4 Å². The number of ether oxygens (including phenoxy) is 2. The molecule has 0 saturated carbocycles. The summed E-state index contributed by atoms with van der Waals surface area (Å²) in [6.07, 6.45) is -0.836. The van der Waals surface area contributed by atoms with E-state index in [1.165, 1.54) is 16.7 Å². The van der Waals surface area contributed by atoms with Gasteiger partial charge in [-0.2, -0.15) is 0 Å². The van der Waals surface area contributed by atoms with Gasteiger partial charge in [0.25, 0.3) is 0 Å². The van der Waals surface area contributed by atoms with Crippen molar-refractivity contribution in [3.05, 3.63) is 18.2 Å². The third-order valence-electron chi connectivity index (χ3n) is 4.05. The van der Waals surface area contributed by atoms with Crippen molar-refractivity contribution >= 4 is 17.8 Å². The molecular formula is C15H22N2O4S. The van der Waals surface area contributed by atoms with E-state index in [1.807, 2.05) is 32.0 Å². The minimum atomic E-state index is -0.836. The zero-order chi connectivity index (χ0) is 16.5. The minimum absolute atomic E-state index is 0.175. The average molecular weight is 326 g/mol. The highest BCUT2D eigenvalue weighted by Gasteiger charge is 2.48. The molecule has 0 aromatic heterocycles. The first-order valence-corrected chi connectivity index (χ1v) is 7.88. The van der Waals surface area contributed by atoms with Gasteiger partial charge in [0.15, 0.2) is 17.7 Å². The number of carbonyl (C=O) groups excluding carboxylic acids is 1. The van der Waals surface area contributed by atoms with Crippen LogP contribution in [-0.2, 0) is 0 Å². The number of aliphatic hydroxyl groups excluding tert-OH is 1. The maximum Gasteiger partial charge on any atom is 0.323 e. The number of nitrogens with zero attached hydrogens (tertiary/aromatic N) is 2. The molecule has 1 N–H and O–H groups in total. The van der Waals surface area contributed by atoms with Crippen LogP contribution in [0.2, 0.25) is 0 Å². The number of carbonyl (C=O) groups is 1. The number of methoxy groups -OCH3 is 2. The van der Waals surface area contributed by atoms with E-state index in [2.05, 4.69) is 0 Å². The van der Waals surface area contributed by atoms with Crippen LogP contribution in [0.4, 0.5) is 4.79 Å². The number of amides is 2. The Bertz CT molecular complexity index is 564. The zero-order valence-electron chi connectivity index (χ0n) is 13.5. The molecule has 6 nitrogen and oxygen atoms in total. The van der Waals surface area contributed by atoms with Crippen LogP contribution in [0.15, 0.2) is 23.1 Å². The fourth-order valence-electron chi connectivity index (χ4n) is 2.27. The normalized spacial score (nSPS) is 20.5. The number of urea groups is 1. The number of hydrogen-bond acceptors (Lipinski definition) is 5. The van der Waals surface area contributed by atoms with Crippen LogP contribution >= 0.6 is 11.8 Å². The van der Waals surface area contributed by atoms with E-state index >= 15 is 0 Å². The molecule has 1 aliphatic heterocycles. The summed E-state index contributed by atoms with van der Waals surface area (Å²) in [6, 6.07) is 5.39. The van der Waals surface area contributed by atoms with Crippen LogP contribution in [0.5, 0.6) is 11.5 Å². The molecule has 1 aliphatic rings. The Morgan fingerprint density at radius 3 is 2.41 bits per heavy atom. The number of likely N-dealkylation sites (N-methyl/N-ethyl adjacent to an activating group) is 1. The first-order chi connectivity index (χ1) is 10.3. The molecule has 0 spiro atoms. The SMILES string of the molecule is COc1ccc(SCN2C(=O)N(C)C(C)(C)C2O)cc1OC. The molecular weight excluding hydrogens is 304 g/mol. The fourth-order valence-corrected chi connectivity index (χ4v) is 3.17. The fraction of sp³-hybridized carbons (Fsp3) is 0.533. The number of benzene rings is 1.